The number of amides is 2. The first-order valence-electron chi connectivity index (χ1n) is 9.87. The first-order chi connectivity index (χ1) is 14.2. The SMILES string of the molecule is COC(=O)NN(C(=O)C1CCCCC1C(=O)OCC(=O)c1ccc(Br)cc1)C(C)C. The number of hydrogen-bond acceptors (Lipinski definition) is 6. The lowest BCUT2D eigenvalue weighted by atomic mass is 9.78. The molecule has 0 bridgehead atoms. The molecular weight excluding hydrogens is 456 g/mol. The van der Waals surface area contributed by atoms with Gasteiger partial charge in [0.05, 0.1) is 18.9 Å². The largest absolute Gasteiger partial charge is 0.457 e. The second kappa shape index (κ2) is 11.1. The first kappa shape index (κ1) is 23.9. The maximum Gasteiger partial charge on any atom is 0.425 e. The molecule has 2 atom stereocenters. The van der Waals surface area contributed by atoms with E-state index >= 15 is 0 Å². The Hall–Kier alpha value is -2.42. The van der Waals surface area contributed by atoms with Crippen LogP contribution in [0.15, 0.2) is 28.7 Å². The fourth-order valence-corrected chi connectivity index (χ4v) is 3.70. The van der Waals surface area contributed by atoms with Crippen molar-refractivity contribution in [2.45, 2.75) is 45.6 Å². The number of carbonyl (C=O) groups excluding carboxylic acids is 4. The van der Waals surface area contributed by atoms with Crippen molar-refractivity contribution in [3.8, 4) is 0 Å². The van der Waals surface area contributed by atoms with Gasteiger partial charge >= 0.3 is 12.1 Å². The number of methoxy groups -OCH3 is 1. The summed E-state index contributed by atoms with van der Waals surface area (Å²) in [6.07, 6.45) is 1.82. The summed E-state index contributed by atoms with van der Waals surface area (Å²) in [6.45, 7) is 3.12. The number of benzene rings is 1. The number of hydrazine groups is 1. The van der Waals surface area contributed by atoms with Crippen LogP contribution in [-0.4, -0.2) is 48.5 Å². The van der Waals surface area contributed by atoms with E-state index in [-0.39, 0.29) is 24.3 Å². The van der Waals surface area contributed by atoms with E-state index in [0.29, 0.717) is 18.4 Å². The highest BCUT2D eigenvalue weighted by Gasteiger charge is 2.40. The number of ether oxygens (including phenoxy) is 2. The Morgan fingerprint density at radius 1 is 1.10 bits per heavy atom. The number of nitrogens with zero attached hydrogens (tertiary/aromatic N) is 1. The highest BCUT2D eigenvalue weighted by molar-refractivity contribution is 9.10. The predicted molar refractivity (Wildman–Crippen MR) is 112 cm³/mol. The van der Waals surface area contributed by atoms with E-state index in [4.69, 9.17) is 4.74 Å². The van der Waals surface area contributed by atoms with Gasteiger partial charge in [-0.25, -0.2) is 15.2 Å². The molecule has 0 saturated heterocycles. The van der Waals surface area contributed by atoms with E-state index in [1.54, 1.807) is 38.1 Å². The summed E-state index contributed by atoms with van der Waals surface area (Å²) in [4.78, 5) is 49.7. The summed E-state index contributed by atoms with van der Waals surface area (Å²) in [5.41, 5.74) is 2.85. The molecule has 1 saturated carbocycles. The molecule has 0 aliphatic heterocycles. The standard InChI is InChI=1S/C21H27BrN2O6/c1-13(2)24(23-21(28)29-3)19(26)16-6-4-5-7-17(16)20(27)30-12-18(25)14-8-10-15(22)11-9-14/h8-11,13,16-17H,4-7,12H2,1-3H3,(H,23,28). The molecule has 2 rings (SSSR count). The van der Waals surface area contributed by atoms with Crippen molar-refractivity contribution in [2.75, 3.05) is 13.7 Å². The molecular formula is C21H27BrN2O6. The zero-order chi connectivity index (χ0) is 22.3. The van der Waals surface area contributed by atoms with Crippen LogP contribution in [0.1, 0.15) is 49.9 Å². The Balaban J connectivity index is 2.05. The maximum absolute atomic E-state index is 13.1. The number of esters is 1. The molecule has 1 aromatic rings. The third kappa shape index (κ3) is 6.29. The predicted octanol–water partition coefficient (Wildman–Crippen LogP) is 3.49. The summed E-state index contributed by atoms with van der Waals surface area (Å²) < 4.78 is 10.7. The second-order valence-corrected chi connectivity index (χ2v) is 8.36. The van der Waals surface area contributed by atoms with Crippen LogP contribution in [0.3, 0.4) is 0 Å². The number of Topliss-reactive ketones (excluding diaryl/α,β-unsaturated/α-hetero) is 1. The number of carbonyl (C=O) groups is 4. The minimum Gasteiger partial charge on any atom is -0.457 e. The van der Waals surface area contributed by atoms with Crippen LogP contribution in [0, 0.1) is 11.8 Å². The minimum atomic E-state index is -0.757. The third-order valence-electron chi connectivity index (χ3n) is 5.05. The number of nitrogens with one attached hydrogen (secondary N) is 1. The molecule has 1 aromatic carbocycles. The van der Waals surface area contributed by atoms with Crippen LogP contribution in [-0.2, 0) is 19.1 Å². The van der Waals surface area contributed by atoms with Gasteiger partial charge in [0.2, 0.25) is 5.91 Å². The van der Waals surface area contributed by atoms with Gasteiger partial charge in [-0.05, 0) is 38.8 Å². The monoisotopic (exact) mass is 482 g/mol. The zero-order valence-corrected chi connectivity index (χ0v) is 18.9. The van der Waals surface area contributed by atoms with E-state index in [0.717, 1.165) is 17.3 Å². The smallest absolute Gasteiger partial charge is 0.425 e. The van der Waals surface area contributed by atoms with Crippen LogP contribution in [0.25, 0.3) is 0 Å². The summed E-state index contributed by atoms with van der Waals surface area (Å²) >= 11 is 3.30. The number of ketones is 1. The zero-order valence-electron chi connectivity index (χ0n) is 17.4. The average Bonchev–Trinajstić information content (AvgIpc) is 2.75. The molecule has 164 valence electrons. The molecule has 30 heavy (non-hydrogen) atoms. The quantitative estimate of drug-likeness (QED) is 0.378. The van der Waals surface area contributed by atoms with Gasteiger partial charge in [-0.1, -0.05) is 40.9 Å². The molecule has 2 unspecified atom stereocenters. The van der Waals surface area contributed by atoms with Crippen molar-refractivity contribution in [3.63, 3.8) is 0 Å². The molecule has 1 N–H and O–H groups in total. The van der Waals surface area contributed by atoms with Gasteiger partial charge in [0, 0.05) is 16.1 Å². The Kier molecular flexibility index (Phi) is 8.83. The summed E-state index contributed by atoms with van der Waals surface area (Å²) in [5.74, 6) is -2.54. The van der Waals surface area contributed by atoms with Crippen LogP contribution in [0.2, 0.25) is 0 Å². The Morgan fingerprint density at radius 2 is 1.70 bits per heavy atom. The van der Waals surface area contributed by atoms with E-state index in [1.807, 2.05) is 0 Å². The first-order valence-corrected chi connectivity index (χ1v) is 10.7. The van der Waals surface area contributed by atoms with Gasteiger partial charge in [-0.15, -0.1) is 0 Å². The van der Waals surface area contributed by atoms with Crippen molar-refractivity contribution >= 4 is 39.7 Å². The average molecular weight is 483 g/mol. The van der Waals surface area contributed by atoms with E-state index in [9.17, 15) is 19.2 Å². The van der Waals surface area contributed by atoms with Gasteiger partial charge in [0.15, 0.2) is 12.4 Å². The Labute approximate surface area is 184 Å². The molecule has 0 spiro atoms. The normalized spacial score (nSPS) is 18.4. The lowest BCUT2D eigenvalue weighted by Gasteiger charge is -2.35. The summed E-state index contributed by atoms with van der Waals surface area (Å²) in [5, 5.41) is 1.19. The molecule has 1 aliphatic carbocycles. The lowest BCUT2D eigenvalue weighted by molar-refractivity contribution is -0.158. The Morgan fingerprint density at radius 3 is 2.27 bits per heavy atom. The number of hydrogen-bond donors (Lipinski definition) is 1. The minimum absolute atomic E-state index is 0.314. The van der Waals surface area contributed by atoms with Crippen LogP contribution in [0.5, 0.6) is 0 Å². The van der Waals surface area contributed by atoms with Crippen LogP contribution < -0.4 is 5.43 Å². The molecule has 0 heterocycles. The summed E-state index contributed by atoms with van der Waals surface area (Å²) in [7, 11) is 1.21. The van der Waals surface area contributed by atoms with Crippen molar-refractivity contribution in [1.29, 1.82) is 0 Å². The lowest BCUT2D eigenvalue weighted by Crippen LogP contribution is -2.54. The van der Waals surface area contributed by atoms with E-state index in [1.165, 1.54) is 12.1 Å². The Bertz CT molecular complexity index is 780. The van der Waals surface area contributed by atoms with Crippen molar-refractivity contribution < 1.29 is 28.7 Å². The molecule has 1 fully saturated rings. The molecule has 1 aliphatic rings. The molecule has 0 aromatic heterocycles. The van der Waals surface area contributed by atoms with Gasteiger partial charge in [-0.2, -0.15) is 0 Å². The van der Waals surface area contributed by atoms with Crippen molar-refractivity contribution in [1.82, 2.24) is 10.4 Å². The number of halogens is 1. The molecule has 9 heteroatoms. The van der Waals surface area contributed by atoms with Crippen LogP contribution in [0.4, 0.5) is 4.79 Å². The van der Waals surface area contributed by atoms with Crippen LogP contribution >= 0.6 is 15.9 Å². The number of rotatable bonds is 6. The second-order valence-electron chi connectivity index (χ2n) is 7.44. The molecule has 2 amide bonds. The van der Waals surface area contributed by atoms with Crippen molar-refractivity contribution in [3.05, 3.63) is 34.3 Å². The van der Waals surface area contributed by atoms with Crippen molar-refractivity contribution in [2.24, 2.45) is 11.8 Å². The van der Waals surface area contributed by atoms with Gasteiger partial charge in [-0.3, -0.25) is 14.4 Å². The van der Waals surface area contributed by atoms with E-state index < -0.39 is 23.9 Å². The molecule has 0 radical (unpaired) electrons. The highest BCUT2D eigenvalue weighted by atomic mass is 79.9. The fraction of sp³-hybridized carbons (Fsp3) is 0.524. The van der Waals surface area contributed by atoms with E-state index in [2.05, 4.69) is 26.1 Å². The fourth-order valence-electron chi connectivity index (χ4n) is 3.43. The highest BCUT2D eigenvalue weighted by Crippen LogP contribution is 2.32. The van der Waals surface area contributed by atoms with Gasteiger partial charge < -0.3 is 9.47 Å². The van der Waals surface area contributed by atoms with Gasteiger partial charge in [0.25, 0.3) is 0 Å². The van der Waals surface area contributed by atoms with Gasteiger partial charge in [0.1, 0.15) is 0 Å². The maximum atomic E-state index is 13.1. The topological polar surface area (TPSA) is 102 Å². The third-order valence-corrected chi connectivity index (χ3v) is 5.58. The summed E-state index contributed by atoms with van der Waals surface area (Å²) in [6, 6.07) is 6.44. The molecule has 8 nitrogen and oxygen atoms in total.